The van der Waals surface area contributed by atoms with Crippen LogP contribution in [0.2, 0.25) is 5.02 Å². The molecule has 1 aromatic carbocycles. The van der Waals surface area contributed by atoms with Gasteiger partial charge in [-0.1, -0.05) is 11.6 Å². The number of aryl methyl sites for hydroxylation is 1. The largest absolute Gasteiger partial charge is 0.352 e. The van der Waals surface area contributed by atoms with Crippen molar-refractivity contribution in [3.05, 3.63) is 34.3 Å². The Morgan fingerprint density at radius 3 is 2.85 bits per heavy atom. The van der Waals surface area contributed by atoms with Crippen molar-refractivity contribution in [1.82, 2.24) is 15.5 Å². The molecular weight excluding hydrogens is 274 g/mol. The van der Waals surface area contributed by atoms with Crippen LogP contribution in [-0.2, 0) is 0 Å². The molecule has 20 heavy (non-hydrogen) atoms. The van der Waals surface area contributed by atoms with Crippen molar-refractivity contribution in [1.29, 1.82) is 0 Å². The van der Waals surface area contributed by atoms with Crippen LogP contribution in [-0.4, -0.2) is 50.1 Å². The predicted octanol–water partition coefficient (Wildman–Crippen LogP) is 1.67. The zero-order chi connectivity index (χ0) is 14.4. The maximum atomic E-state index is 12.1. The highest BCUT2D eigenvalue weighted by molar-refractivity contribution is 6.30. The molecule has 0 aliphatic carbocycles. The van der Waals surface area contributed by atoms with Gasteiger partial charge in [-0.25, -0.2) is 0 Å². The summed E-state index contributed by atoms with van der Waals surface area (Å²) >= 11 is 5.89. The van der Waals surface area contributed by atoms with Crippen LogP contribution in [0.5, 0.6) is 0 Å². The van der Waals surface area contributed by atoms with E-state index in [1.807, 2.05) is 13.0 Å². The van der Waals surface area contributed by atoms with Crippen LogP contribution in [0.4, 0.5) is 0 Å². The maximum absolute atomic E-state index is 12.1. The summed E-state index contributed by atoms with van der Waals surface area (Å²) in [5.41, 5.74) is 1.62. The SMILES string of the molecule is Cc1cc(Cl)ccc1C(=O)NCCCN1CCNCC1. The van der Waals surface area contributed by atoms with Gasteiger partial charge >= 0.3 is 0 Å². The number of nitrogens with zero attached hydrogens (tertiary/aromatic N) is 1. The van der Waals surface area contributed by atoms with Gasteiger partial charge in [-0.05, 0) is 43.7 Å². The molecule has 0 spiro atoms. The standard InChI is InChI=1S/C15H22ClN3O/c1-12-11-13(16)3-4-14(12)15(20)18-5-2-8-19-9-6-17-7-10-19/h3-4,11,17H,2,5-10H2,1H3,(H,18,20). The number of carbonyl (C=O) groups excluding carboxylic acids is 1. The number of hydrogen-bond donors (Lipinski definition) is 2. The molecule has 1 saturated heterocycles. The van der Waals surface area contributed by atoms with Gasteiger partial charge in [0.05, 0.1) is 0 Å². The smallest absolute Gasteiger partial charge is 0.251 e. The lowest BCUT2D eigenvalue weighted by Gasteiger charge is -2.27. The molecule has 0 atom stereocenters. The number of nitrogens with one attached hydrogen (secondary N) is 2. The van der Waals surface area contributed by atoms with Crippen molar-refractivity contribution in [3.63, 3.8) is 0 Å². The highest BCUT2D eigenvalue weighted by atomic mass is 35.5. The summed E-state index contributed by atoms with van der Waals surface area (Å²) in [4.78, 5) is 14.5. The van der Waals surface area contributed by atoms with Gasteiger partial charge in [0, 0.05) is 43.3 Å². The van der Waals surface area contributed by atoms with Gasteiger partial charge in [0.25, 0.3) is 5.91 Å². The summed E-state index contributed by atoms with van der Waals surface area (Å²) in [5, 5.41) is 6.97. The summed E-state index contributed by atoms with van der Waals surface area (Å²) in [6, 6.07) is 5.35. The lowest BCUT2D eigenvalue weighted by Crippen LogP contribution is -2.44. The molecule has 2 rings (SSSR count). The minimum Gasteiger partial charge on any atom is -0.352 e. The van der Waals surface area contributed by atoms with E-state index in [-0.39, 0.29) is 5.91 Å². The van der Waals surface area contributed by atoms with Crippen molar-refractivity contribution >= 4 is 17.5 Å². The summed E-state index contributed by atoms with van der Waals surface area (Å²) in [6.45, 7) is 8.00. The first kappa shape index (κ1) is 15.3. The van der Waals surface area contributed by atoms with E-state index in [2.05, 4.69) is 15.5 Å². The summed E-state index contributed by atoms with van der Waals surface area (Å²) < 4.78 is 0. The molecule has 110 valence electrons. The van der Waals surface area contributed by atoms with Crippen LogP contribution in [0, 0.1) is 6.92 Å². The molecule has 0 unspecified atom stereocenters. The molecule has 0 aromatic heterocycles. The van der Waals surface area contributed by atoms with Crippen molar-refractivity contribution in [3.8, 4) is 0 Å². The first-order valence-electron chi connectivity index (χ1n) is 7.14. The van der Waals surface area contributed by atoms with Crippen molar-refractivity contribution in [2.45, 2.75) is 13.3 Å². The van der Waals surface area contributed by atoms with Crippen molar-refractivity contribution in [2.75, 3.05) is 39.3 Å². The van der Waals surface area contributed by atoms with E-state index >= 15 is 0 Å². The molecule has 1 aliphatic heterocycles. The van der Waals surface area contributed by atoms with Gasteiger partial charge in [0.15, 0.2) is 0 Å². The van der Waals surface area contributed by atoms with Gasteiger partial charge < -0.3 is 15.5 Å². The average Bonchev–Trinajstić information content (AvgIpc) is 2.44. The number of carbonyl (C=O) groups is 1. The van der Waals surface area contributed by atoms with Crippen LogP contribution in [0.3, 0.4) is 0 Å². The van der Waals surface area contributed by atoms with Crippen molar-refractivity contribution < 1.29 is 4.79 Å². The number of halogens is 1. The highest BCUT2D eigenvalue weighted by Crippen LogP contribution is 2.14. The molecule has 4 nitrogen and oxygen atoms in total. The molecule has 0 saturated carbocycles. The van der Waals surface area contributed by atoms with Crippen LogP contribution in [0.15, 0.2) is 18.2 Å². The van der Waals surface area contributed by atoms with Gasteiger partial charge in [0.2, 0.25) is 0 Å². The fourth-order valence-corrected chi connectivity index (χ4v) is 2.64. The zero-order valence-electron chi connectivity index (χ0n) is 11.9. The van der Waals surface area contributed by atoms with Crippen LogP contribution < -0.4 is 10.6 Å². The van der Waals surface area contributed by atoms with Gasteiger partial charge in [0.1, 0.15) is 0 Å². The molecule has 0 bridgehead atoms. The lowest BCUT2D eigenvalue weighted by atomic mass is 10.1. The van der Waals surface area contributed by atoms with Gasteiger partial charge in [-0.15, -0.1) is 0 Å². The molecule has 0 radical (unpaired) electrons. The minimum absolute atomic E-state index is 0.0144. The molecule has 1 aromatic rings. The quantitative estimate of drug-likeness (QED) is 0.812. The highest BCUT2D eigenvalue weighted by Gasteiger charge is 2.10. The molecule has 2 N–H and O–H groups in total. The molecule has 1 aliphatic rings. The molecule has 1 fully saturated rings. The molecular formula is C15H22ClN3O. The summed E-state index contributed by atoms with van der Waals surface area (Å²) in [5.74, 6) is -0.0144. The number of hydrogen-bond acceptors (Lipinski definition) is 3. The Morgan fingerprint density at radius 2 is 2.15 bits per heavy atom. The van der Waals surface area contributed by atoms with Crippen LogP contribution in [0.25, 0.3) is 0 Å². The third-order valence-electron chi connectivity index (χ3n) is 3.58. The second-order valence-electron chi connectivity index (χ2n) is 5.16. The lowest BCUT2D eigenvalue weighted by molar-refractivity contribution is 0.0950. The van der Waals surface area contributed by atoms with E-state index < -0.39 is 0 Å². The Balaban J connectivity index is 1.72. The van der Waals surface area contributed by atoms with Gasteiger partial charge in [-0.3, -0.25) is 4.79 Å². The molecule has 1 amide bonds. The fraction of sp³-hybridized carbons (Fsp3) is 0.533. The van der Waals surface area contributed by atoms with Crippen molar-refractivity contribution in [2.24, 2.45) is 0 Å². The number of benzene rings is 1. The number of piperazine rings is 1. The fourth-order valence-electron chi connectivity index (χ4n) is 2.42. The first-order valence-corrected chi connectivity index (χ1v) is 7.52. The third-order valence-corrected chi connectivity index (χ3v) is 3.81. The van der Waals surface area contributed by atoms with E-state index in [9.17, 15) is 4.79 Å². The number of rotatable bonds is 5. The van der Waals surface area contributed by atoms with Crippen LogP contribution >= 0.6 is 11.6 Å². The average molecular weight is 296 g/mol. The third kappa shape index (κ3) is 4.47. The molecule has 1 heterocycles. The predicted molar refractivity (Wildman–Crippen MR) is 82.4 cm³/mol. The van der Waals surface area contributed by atoms with E-state index in [0.29, 0.717) is 17.1 Å². The maximum Gasteiger partial charge on any atom is 0.251 e. The number of amides is 1. The topological polar surface area (TPSA) is 44.4 Å². The Labute approximate surface area is 125 Å². The van der Waals surface area contributed by atoms with E-state index in [4.69, 9.17) is 11.6 Å². The Kier molecular flexibility index (Phi) is 5.83. The summed E-state index contributed by atoms with van der Waals surface area (Å²) in [6.07, 6.45) is 0.985. The normalized spacial score (nSPS) is 16.1. The Bertz CT molecular complexity index is 458. The minimum atomic E-state index is -0.0144. The summed E-state index contributed by atoms with van der Waals surface area (Å²) in [7, 11) is 0. The van der Waals surface area contributed by atoms with E-state index in [1.165, 1.54) is 0 Å². The van der Waals surface area contributed by atoms with Crippen LogP contribution in [0.1, 0.15) is 22.3 Å². The van der Waals surface area contributed by atoms with E-state index in [1.54, 1.807) is 12.1 Å². The first-order chi connectivity index (χ1) is 9.66. The monoisotopic (exact) mass is 295 g/mol. The second-order valence-corrected chi connectivity index (χ2v) is 5.60. The van der Waals surface area contributed by atoms with Gasteiger partial charge in [-0.2, -0.15) is 0 Å². The Morgan fingerprint density at radius 1 is 1.40 bits per heavy atom. The molecule has 5 heteroatoms. The van der Waals surface area contributed by atoms with E-state index in [0.717, 1.165) is 44.7 Å². The zero-order valence-corrected chi connectivity index (χ0v) is 12.7. The second kappa shape index (κ2) is 7.62. The Hall–Kier alpha value is -1.10.